The summed E-state index contributed by atoms with van der Waals surface area (Å²) in [5.74, 6) is 0. The Bertz CT molecular complexity index is 577. The van der Waals surface area contributed by atoms with Gasteiger partial charge in [0.05, 0.1) is 26.4 Å². The van der Waals surface area contributed by atoms with E-state index in [4.69, 9.17) is 9.84 Å². The molecule has 0 N–H and O–H groups in total. The molecule has 0 amide bonds. The van der Waals surface area contributed by atoms with Crippen LogP contribution >= 0.6 is 0 Å². The van der Waals surface area contributed by atoms with Gasteiger partial charge in [-0.3, -0.25) is 5.01 Å². The lowest BCUT2D eigenvalue weighted by molar-refractivity contribution is 0.118. The molecule has 1 fully saturated rings. The van der Waals surface area contributed by atoms with Gasteiger partial charge in [0.15, 0.2) is 0 Å². The van der Waals surface area contributed by atoms with Crippen molar-refractivity contribution >= 4 is 13.8 Å². The van der Waals surface area contributed by atoms with Gasteiger partial charge in [-0.05, 0) is 29.0 Å². The van der Waals surface area contributed by atoms with Crippen molar-refractivity contribution in [2.24, 2.45) is 5.10 Å². The number of benzene rings is 1. The maximum absolute atomic E-state index is 5.42. The van der Waals surface area contributed by atoms with Gasteiger partial charge >= 0.3 is 0 Å². The number of hydrazone groups is 1. The van der Waals surface area contributed by atoms with Crippen molar-refractivity contribution < 1.29 is 4.74 Å². The summed E-state index contributed by atoms with van der Waals surface area (Å²) in [4.78, 5) is 0. The quantitative estimate of drug-likeness (QED) is 0.501. The normalized spacial score (nSPS) is 20.8. The fourth-order valence-corrected chi connectivity index (χ4v) is 5.65. The Balaban J connectivity index is 2.42. The van der Waals surface area contributed by atoms with E-state index in [1.54, 1.807) is 7.11 Å². The summed E-state index contributed by atoms with van der Waals surface area (Å²) in [6.07, 6.45) is 2.38. The van der Waals surface area contributed by atoms with Crippen molar-refractivity contribution in [2.45, 2.75) is 70.3 Å². The van der Waals surface area contributed by atoms with Crippen LogP contribution in [0.25, 0.3) is 0 Å². The topological polar surface area (TPSA) is 24.8 Å². The Morgan fingerprint density at radius 3 is 2.48 bits per heavy atom. The molecule has 0 spiro atoms. The number of hydrogen-bond acceptors (Lipinski definition) is 3. The summed E-state index contributed by atoms with van der Waals surface area (Å²) in [5.41, 5.74) is 3.01. The van der Waals surface area contributed by atoms with Crippen LogP contribution in [0.3, 0.4) is 0 Å². The van der Waals surface area contributed by atoms with Crippen LogP contribution in [-0.4, -0.2) is 45.1 Å². The number of hydrogen-bond donors (Lipinski definition) is 0. The molecule has 0 radical (unpaired) electrons. The zero-order valence-electron chi connectivity index (χ0n) is 17.2. The molecule has 0 aliphatic carbocycles. The first-order valence-corrected chi connectivity index (χ1v) is 12.7. The number of ether oxygens (including phenoxy) is 1. The van der Waals surface area contributed by atoms with Crippen molar-refractivity contribution in [1.82, 2.24) is 5.01 Å². The molecule has 1 saturated heterocycles. The molecule has 25 heavy (non-hydrogen) atoms. The molecule has 1 aromatic rings. The standard InChI is InChI=1S/C21H36N2OSi/c1-17(25(6,7)21(2,3)4)20(18-12-9-8-10-13-18)22-23-15-11-14-19(23)16-24-5/h8-10,12-13,17,19H,11,14-16H2,1-7H3/b22-20-/t17-,19+/m1/s1. The van der Waals surface area contributed by atoms with Gasteiger partial charge in [-0.1, -0.05) is 71.1 Å². The number of methoxy groups -OCH3 is 1. The lowest BCUT2D eigenvalue weighted by Gasteiger charge is -2.42. The molecule has 0 unspecified atom stereocenters. The number of nitrogens with zero attached hydrogens (tertiary/aromatic N) is 2. The summed E-state index contributed by atoms with van der Waals surface area (Å²) >= 11 is 0. The van der Waals surface area contributed by atoms with E-state index >= 15 is 0 Å². The average molecular weight is 361 g/mol. The van der Waals surface area contributed by atoms with Gasteiger partial charge in [0.2, 0.25) is 0 Å². The molecule has 4 heteroatoms. The van der Waals surface area contributed by atoms with Crippen molar-refractivity contribution in [1.29, 1.82) is 0 Å². The minimum absolute atomic E-state index is 0.332. The van der Waals surface area contributed by atoms with Gasteiger partial charge in [-0.25, -0.2) is 0 Å². The van der Waals surface area contributed by atoms with Crippen LogP contribution in [-0.2, 0) is 4.74 Å². The van der Waals surface area contributed by atoms with Crippen LogP contribution in [0.1, 0.15) is 46.1 Å². The lowest BCUT2D eigenvalue weighted by Crippen LogP contribution is -2.45. The summed E-state index contributed by atoms with van der Waals surface area (Å²) in [6.45, 7) is 16.4. The Morgan fingerprint density at radius 2 is 1.92 bits per heavy atom. The van der Waals surface area contributed by atoms with Gasteiger partial charge in [0, 0.05) is 13.7 Å². The van der Waals surface area contributed by atoms with E-state index in [1.807, 2.05) is 0 Å². The van der Waals surface area contributed by atoms with E-state index in [0.29, 0.717) is 16.6 Å². The predicted octanol–water partition coefficient (Wildman–Crippen LogP) is 5.40. The molecule has 1 aliphatic heterocycles. The molecule has 2 rings (SSSR count). The Kier molecular flexibility index (Phi) is 6.49. The van der Waals surface area contributed by atoms with Crippen LogP contribution in [0.15, 0.2) is 35.4 Å². The van der Waals surface area contributed by atoms with E-state index in [1.165, 1.54) is 24.1 Å². The molecule has 0 bridgehead atoms. The van der Waals surface area contributed by atoms with Gasteiger partial charge in [0.25, 0.3) is 0 Å². The van der Waals surface area contributed by atoms with E-state index < -0.39 is 8.07 Å². The third kappa shape index (κ3) is 4.53. The minimum Gasteiger partial charge on any atom is -0.382 e. The first-order chi connectivity index (χ1) is 11.7. The minimum atomic E-state index is -1.56. The Morgan fingerprint density at radius 1 is 1.28 bits per heavy atom. The van der Waals surface area contributed by atoms with Crippen LogP contribution in [0, 0.1) is 0 Å². The van der Waals surface area contributed by atoms with Crippen LogP contribution < -0.4 is 0 Å². The van der Waals surface area contributed by atoms with Crippen molar-refractivity contribution in [2.75, 3.05) is 20.3 Å². The van der Waals surface area contributed by atoms with Crippen molar-refractivity contribution in [3.63, 3.8) is 0 Å². The molecular weight excluding hydrogens is 324 g/mol. The SMILES string of the molecule is COC[C@@H]1CCCN1/N=C(\c1ccccc1)[C@@H](C)[Si](C)(C)C(C)(C)C. The van der Waals surface area contributed by atoms with Crippen LogP contribution in [0.2, 0.25) is 23.7 Å². The van der Waals surface area contributed by atoms with Gasteiger partial charge < -0.3 is 4.74 Å². The maximum atomic E-state index is 5.42. The van der Waals surface area contributed by atoms with Gasteiger partial charge in [-0.15, -0.1) is 0 Å². The third-order valence-corrected chi connectivity index (χ3v) is 12.7. The lowest BCUT2D eigenvalue weighted by atomic mass is 10.1. The van der Waals surface area contributed by atoms with E-state index in [-0.39, 0.29) is 0 Å². The first kappa shape index (κ1) is 20.2. The fourth-order valence-electron chi connectivity index (χ4n) is 3.45. The largest absolute Gasteiger partial charge is 0.382 e. The molecule has 0 saturated carbocycles. The summed E-state index contributed by atoms with van der Waals surface area (Å²) in [5, 5.41) is 7.85. The Labute approximate surface area is 155 Å². The summed E-state index contributed by atoms with van der Waals surface area (Å²) in [6, 6.07) is 11.2. The summed E-state index contributed by atoms with van der Waals surface area (Å²) < 4.78 is 5.42. The maximum Gasteiger partial charge on any atom is 0.0704 e. The van der Waals surface area contributed by atoms with Gasteiger partial charge in [-0.2, -0.15) is 5.10 Å². The zero-order valence-corrected chi connectivity index (χ0v) is 18.2. The molecule has 1 aliphatic rings. The third-order valence-electron chi connectivity index (χ3n) is 6.44. The highest BCUT2D eigenvalue weighted by atomic mass is 28.3. The van der Waals surface area contributed by atoms with E-state index in [2.05, 4.69) is 76.1 Å². The van der Waals surface area contributed by atoms with Gasteiger partial charge in [0.1, 0.15) is 0 Å². The highest BCUT2D eigenvalue weighted by molar-refractivity contribution is 6.84. The molecule has 3 nitrogen and oxygen atoms in total. The van der Waals surface area contributed by atoms with Crippen molar-refractivity contribution in [3.05, 3.63) is 35.9 Å². The second-order valence-electron chi connectivity index (χ2n) is 8.96. The molecule has 2 atom stereocenters. The van der Waals surface area contributed by atoms with E-state index in [9.17, 15) is 0 Å². The molecular formula is C21H36N2OSi. The highest BCUT2D eigenvalue weighted by Crippen LogP contribution is 2.45. The summed E-state index contributed by atoms with van der Waals surface area (Å²) in [7, 11) is 0.233. The molecule has 1 aromatic carbocycles. The smallest absolute Gasteiger partial charge is 0.0704 e. The second kappa shape index (κ2) is 8.04. The molecule has 1 heterocycles. The number of rotatable bonds is 6. The first-order valence-electron chi connectivity index (χ1n) is 9.58. The van der Waals surface area contributed by atoms with E-state index in [0.717, 1.165) is 13.2 Å². The highest BCUT2D eigenvalue weighted by Gasteiger charge is 2.42. The predicted molar refractivity (Wildman–Crippen MR) is 111 cm³/mol. The monoisotopic (exact) mass is 360 g/mol. The molecule has 0 aromatic heterocycles. The second-order valence-corrected chi connectivity index (χ2v) is 14.8. The van der Waals surface area contributed by atoms with Crippen LogP contribution in [0.4, 0.5) is 0 Å². The molecule has 140 valence electrons. The Hall–Kier alpha value is -1.13. The average Bonchev–Trinajstić information content (AvgIpc) is 2.99. The van der Waals surface area contributed by atoms with Crippen molar-refractivity contribution in [3.8, 4) is 0 Å². The zero-order chi connectivity index (χ0) is 18.7. The van der Waals surface area contributed by atoms with Crippen LogP contribution in [0.5, 0.6) is 0 Å². The fraction of sp³-hybridized carbons (Fsp3) is 0.667.